The molecule has 0 saturated carbocycles. The van der Waals surface area contributed by atoms with Gasteiger partial charge in [-0.3, -0.25) is 4.79 Å². The third kappa shape index (κ3) is 3.36. The van der Waals surface area contributed by atoms with E-state index in [0.29, 0.717) is 34.7 Å². The maximum absolute atomic E-state index is 12.6. The zero-order valence-electron chi connectivity index (χ0n) is 16.9. The largest absolute Gasteiger partial charge is 0.489 e. The number of likely N-dealkylation sites (N-methyl/N-ethyl adjacent to an activating group) is 1. The van der Waals surface area contributed by atoms with E-state index in [1.165, 1.54) is 11.0 Å². The molecule has 2 aliphatic rings. The molecule has 4 rings (SSSR count). The monoisotopic (exact) mass is 404 g/mol. The van der Waals surface area contributed by atoms with Crippen LogP contribution in [0.15, 0.2) is 42.1 Å². The predicted molar refractivity (Wildman–Crippen MR) is 111 cm³/mol. The van der Waals surface area contributed by atoms with Crippen molar-refractivity contribution in [1.29, 1.82) is 0 Å². The van der Waals surface area contributed by atoms with Crippen LogP contribution in [-0.4, -0.2) is 36.8 Å². The Labute approximate surface area is 173 Å². The van der Waals surface area contributed by atoms with Gasteiger partial charge in [-0.05, 0) is 48.4 Å². The number of amides is 1. The Hall–Kier alpha value is -3.83. The van der Waals surface area contributed by atoms with Crippen LogP contribution in [-0.2, 0) is 27.5 Å². The third-order valence-corrected chi connectivity index (χ3v) is 5.26. The van der Waals surface area contributed by atoms with Crippen molar-refractivity contribution in [3.63, 3.8) is 0 Å². The van der Waals surface area contributed by atoms with E-state index in [0.717, 1.165) is 16.7 Å². The van der Waals surface area contributed by atoms with E-state index in [9.17, 15) is 14.4 Å². The second-order valence-electron chi connectivity index (χ2n) is 7.35. The summed E-state index contributed by atoms with van der Waals surface area (Å²) in [6.45, 7) is 2.53. The van der Waals surface area contributed by atoms with Gasteiger partial charge in [0.05, 0.1) is 11.1 Å². The summed E-state index contributed by atoms with van der Waals surface area (Å²) >= 11 is 0. The van der Waals surface area contributed by atoms with E-state index in [1.54, 1.807) is 44.3 Å². The van der Waals surface area contributed by atoms with Crippen LogP contribution in [0.3, 0.4) is 0 Å². The lowest BCUT2D eigenvalue weighted by Gasteiger charge is -2.22. The van der Waals surface area contributed by atoms with Crippen LogP contribution >= 0.6 is 0 Å². The normalized spacial score (nSPS) is 14.0. The van der Waals surface area contributed by atoms with Crippen LogP contribution in [0.2, 0.25) is 0 Å². The number of allylic oxidation sites excluding steroid dienone is 1. The number of carbonyl (C=O) groups excluding carboxylic acids is 3. The molecule has 2 aliphatic heterocycles. The van der Waals surface area contributed by atoms with Crippen molar-refractivity contribution in [2.75, 3.05) is 19.4 Å². The van der Waals surface area contributed by atoms with Gasteiger partial charge < -0.3 is 19.7 Å². The smallest absolute Gasteiger partial charge is 0.338 e. The van der Waals surface area contributed by atoms with Gasteiger partial charge in [0.1, 0.15) is 24.7 Å². The number of carbonyl (C=O) groups is 2. The number of anilines is 1. The lowest BCUT2D eigenvalue weighted by Crippen LogP contribution is -2.25. The topological polar surface area (TPSA) is 84.9 Å². The summed E-state index contributed by atoms with van der Waals surface area (Å²) in [5, 5.41) is 2.96. The molecule has 0 bridgehead atoms. The summed E-state index contributed by atoms with van der Waals surface area (Å²) in [6.07, 6.45) is 1.49. The molecule has 1 amide bonds. The molecule has 2 aromatic carbocycles. The average Bonchev–Trinajstić information content (AvgIpc) is 3.13. The van der Waals surface area contributed by atoms with Crippen LogP contribution in [0.25, 0.3) is 5.57 Å². The number of fused-ring (bicyclic) bond motifs is 2. The molecule has 1 N–H and O–H groups in total. The minimum Gasteiger partial charge on any atom is -0.489 e. The molecular weight excluding hydrogens is 384 g/mol. The van der Waals surface area contributed by atoms with Crippen molar-refractivity contribution < 1.29 is 23.9 Å². The maximum Gasteiger partial charge on any atom is 0.338 e. The molecule has 152 valence electrons. The summed E-state index contributed by atoms with van der Waals surface area (Å²) in [5.74, 6) is 1.87. The van der Waals surface area contributed by atoms with Gasteiger partial charge in [0, 0.05) is 30.9 Å². The molecule has 0 atom stereocenters. The number of rotatable bonds is 4. The number of esters is 1. The number of ether oxygens (including phenoxy) is 2. The second-order valence-corrected chi connectivity index (χ2v) is 7.35. The molecule has 0 saturated heterocycles. The molecule has 0 spiro atoms. The zero-order valence-corrected chi connectivity index (χ0v) is 16.9. The van der Waals surface area contributed by atoms with Crippen molar-refractivity contribution in [3.8, 4) is 5.75 Å². The highest BCUT2D eigenvalue weighted by Gasteiger charge is 2.25. The van der Waals surface area contributed by atoms with Gasteiger partial charge in [0.25, 0.3) is 5.91 Å². The summed E-state index contributed by atoms with van der Waals surface area (Å²) in [6, 6.07) is 8.93. The molecule has 0 unspecified atom stereocenters. The summed E-state index contributed by atoms with van der Waals surface area (Å²) in [4.78, 5) is 36.9. The Morgan fingerprint density at radius 3 is 2.77 bits per heavy atom. The number of nitrogens with one attached hydrogen (secondary N) is 1. The highest BCUT2D eigenvalue weighted by Crippen LogP contribution is 2.35. The quantitative estimate of drug-likeness (QED) is 0.623. The number of nitrogens with zero attached hydrogens (tertiary/aromatic N) is 1. The fourth-order valence-electron chi connectivity index (χ4n) is 3.54. The number of cyclic esters (lactones) is 1. The minimum atomic E-state index is -0.295. The van der Waals surface area contributed by atoms with Gasteiger partial charge in [-0.15, -0.1) is 0 Å². The van der Waals surface area contributed by atoms with E-state index < -0.39 is 0 Å². The van der Waals surface area contributed by atoms with E-state index in [2.05, 4.69) is 5.32 Å². The van der Waals surface area contributed by atoms with Crippen molar-refractivity contribution in [2.45, 2.75) is 20.1 Å². The van der Waals surface area contributed by atoms with Crippen molar-refractivity contribution in [3.05, 3.63) is 69.9 Å². The van der Waals surface area contributed by atoms with Gasteiger partial charge in [-0.25, -0.2) is 9.59 Å². The lowest BCUT2D eigenvalue weighted by molar-refractivity contribution is -0.122. The van der Waals surface area contributed by atoms with Gasteiger partial charge in [-0.2, -0.15) is 0 Å². The third-order valence-electron chi connectivity index (χ3n) is 5.26. The Kier molecular flexibility index (Phi) is 4.90. The molecule has 0 aliphatic carbocycles. The fraction of sp³-hybridized carbons (Fsp3) is 0.217. The molecule has 2 heterocycles. The Balaban J connectivity index is 1.61. The van der Waals surface area contributed by atoms with E-state index >= 15 is 0 Å². The van der Waals surface area contributed by atoms with E-state index in [4.69, 9.17) is 9.47 Å². The van der Waals surface area contributed by atoms with E-state index in [-0.39, 0.29) is 24.2 Å². The van der Waals surface area contributed by atoms with Crippen molar-refractivity contribution in [2.24, 2.45) is 0 Å². The first-order valence-electron chi connectivity index (χ1n) is 9.40. The van der Waals surface area contributed by atoms with Crippen LogP contribution in [0.5, 0.6) is 5.75 Å². The zero-order chi connectivity index (χ0) is 21.4. The van der Waals surface area contributed by atoms with E-state index in [1.807, 2.05) is 13.0 Å². The SMILES string of the molecule is Cc1c(COc2ccc3c(c2)C(C(=O)N(C)C)=CC(=C=O)N3)ccc2c1COC2=O. The van der Waals surface area contributed by atoms with Gasteiger partial charge in [-0.1, -0.05) is 6.07 Å². The molecule has 0 fully saturated rings. The highest BCUT2D eigenvalue weighted by atomic mass is 16.5. The molecular formula is C23H20N2O5. The van der Waals surface area contributed by atoms with Gasteiger partial charge in [0.2, 0.25) is 0 Å². The summed E-state index contributed by atoms with van der Waals surface area (Å²) < 4.78 is 11.1. The molecule has 0 radical (unpaired) electrons. The van der Waals surface area contributed by atoms with Gasteiger partial charge >= 0.3 is 5.97 Å². The number of hydrogen-bond donors (Lipinski definition) is 1. The van der Waals surface area contributed by atoms with Crippen molar-refractivity contribution in [1.82, 2.24) is 4.90 Å². The number of benzene rings is 2. The van der Waals surface area contributed by atoms with Crippen molar-refractivity contribution >= 4 is 29.1 Å². The fourth-order valence-corrected chi connectivity index (χ4v) is 3.54. The predicted octanol–water partition coefficient (Wildman–Crippen LogP) is 2.86. The van der Waals surface area contributed by atoms with Crippen LogP contribution in [0.4, 0.5) is 5.69 Å². The Bertz CT molecular complexity index is 1160. The summed E-state index contributed by atoms with van der Waals surface area (Å²) in [7, 11) is 3.31. The standard InChI is InChI=1S/C23H20N2O5/c1-13-14(4-6-17-20(13)12-30-23(17)28)11-29-16-5-7-21-18(9-16)19(22(27)25(2)3)8-15(10-26)24-21/h4-9,24H,11-12H2,1-3H3. The molecule has 7 nitrogen and oxygen atoms in total. The first-order chi connectivity index (χ1) is 14.4. The molecule has 0 aromatic heterocycles. The molecule has 30 heavy (non-hydrogen) atoms. The highest BCUT2D eigenvalue weighted by molar-refractivity contribution is 6.22. The first-order valence-corrected chi connectivity index (χ1v) is 9.40. The average molecular weight is 404 g/mol. The lowest BCUT2D eigenvalue weighted by atomic mass is 9.97. The Morgan fingerprint density at radius 1 is 1.23 bits per heavy atom. The van der Waals surface area contributed by atoms with Gasteiger partial charge in [0.15, 0.2) is 5.94 Å². The molecule has 7 heteroatoms. The number of hydrogen-bond acceptors (Lipinski definition) is 6. The summed E-state index contributed by atoms with van der Waals surface area (Å²) in [5.41, 5.74) is 5.30. The first kappa shape index (κ1) is 19.5. The minimum absolute atomic E-state index is 0.201. The second kappa shape index (κ2) is 7.54. The van der Waals surface area contributed by atoms with Crippen LogP contribution < -0.4 is 10.1 Å². The molecule has 2 aromatic rings. The van der Waals surface area contributed by atoms with Crippen LogP contribution in [0.1, 0.15) is 32.6 Å². The maximum atomic E-state index is 12.6. The Morgan fingerprint density at radius 2 is 2.03 bits per heavy atom. The van der Waals surface area contributed by atoms with Crippen LogP contribution in [0, 0.1) is 6.92 Å².